The third kappa shape index (κ3) is 2.50. The topological polar surface area (TPSA) is 53.6 Å². The lowest BCUT2D eigenvalue weighted by Gasteiger charge is -2.04. The molecule has 3 rings (SSSR count). The summed E-state index contributed by atoms with van der Waals surface area (Å²) in [6.45, 7) is 12.4. The van der Waals surface area contributed by atoms with Gasteiger partial charge in [0, 0.05) is 17.1 Å². The number of nitrogens with zero attached hydrogens (tertiary/aromatic N) is 2. The average molecular weight is 290 g/mol. The minimum Gasteiger partial charge on any atom is -0.365 e. The maximum absolute atomic E-state index is 4.61. The molecule has 0 aromatic carbocycles. The molecule has 0 atom stereocenters. The molecule has 0 aliphatic rings. The normalized spacial score (nSPS) is 10.9. The zero-order valence-electron chi connectivity index (χ0n) is 13.0. The van der Waals surface area contributed by atoms with Gasteiger partial charge in [0.05, 0.1) is 10.2 Å². The molecule has 0 saturated heterocycles. The first-order chi connectivity index (χ1) is 9.56. The van der Waals surface area contributed by atoms with Gasteiger partial charge >= 0.3 is 0 Å². The summed E-state index contributed by atoms with van der Waals surface area (Å²) in [5.74, 6) is 0.931. The Morgan fingerprint density at radius 2 is 1.95 bits per heavy atom. The lowest BCUT2D eigenvalue weighted by Crippen LogP contribution is -2.09. The number of anilines is 1. The van der Waals surface area contributed by atoms with E-state index in [4.69, 9.17) is 0 Å². The molecule has 2 N–H and O–H groups in total. The van der Waals surface area contributed by atoms with E-state index >= 15 is 0 Å². The Balaban J connectivity index is 0.000000704. The zero-order valence-corrected chi connectivity index (χ0v) is 13.8. The number of pyridine rings is 1. The number of thiophene rings is 1. The fourth-order valence-corrected chi connectivity index (χ4v) is 3.45. The monoisotopic (exact) mass is 290 g/mol. The molecule has 3 heterocycles. The fraction of sp³-hybridized carbons (Fsp3) is 0.467. The van der Waals surface area contributed by atoms with Crippen molar-refractivity contribution in [1.29, 1.82) is 0 Å². The molecule has 108 valence electrons. The van der Waals surface area contributed by atoms with Crippen LogP contribution in [0.1, 0.15) is 39.0 Å². The maximum atomic E-state index is 4.61. The Labute approximate surface area is 123 Å². The van der Waals surface area contributed by atoms with Gasteiger partial charge in [-0.2, -0.15) is 5.10 Å². The van der Waals surface area contributed by atoms with Gasteiger partial charge in [0.25, 0.3) is 0 Å². The number of fused-ring (bicyclic) bond motifs is 3. The summed E-state index contributed by atoms with van der Waals surface area (Å²) in [5.41, 5.74) is 3.42. The van der Waals surface area contributed by atoms with Crippen molar-refractivity contribution in [1.82, 2.24) is 15.2 Å². The molecule has 0 fully saturated rings. The van der Waals surface area contributed by atoms with Crippen LogP contribution in [0.5, 0.6) is 0 Å². The summed E-state index contributed by atoms with van der Waals surface area (Å²) in [6, 6.07) is 2.49. The molecule has 0 saturated carbocycles. The van der Waals surface area contributed by atoms with E-state index in [0.29, 0.717) is 6.04 Å². The third-order valence-electron chi connectivity index (χ3n) is 2.91. The average Bonchev–Trinajstić information content (AvgIpc) is 2.91. The van der Waals surface area contributed by atoms with E-state index in [1.807, 2.05) is 20.8 Å². The summed E-state index contributed by atoms with van der Waals surface area (Å²) in [5, 5.41) is 12.1. The van der Waals surface area contributed by atoms with E-state index in [9.17, 15) is 0 Å². The number of aromatic amines is 1. The second-order valence-corrected chi connectivity index (χ2v) is 5.94. The Morgan fingerprint density at radius 1 is 1.25 bits per heavy atom. The number of nitrogens with one attached hydrogen (secondary N) is 2. The molecule has 4 nitrogen and oxygen atoms in total. The molecule has 0 aliphatic heterocycles. The molecule has 0 bridgehead atoms. The van der Waals surface area contributed by atoms with Crippen molar-refractivity contribution in [2.45, 2.75) is 47.6 Å². The molecule has 0 radical (unpaired) electrons. The van der Waals surface area contributed by atoms with Crippen LogP contribution in [0, 0.1) is 13.8 Å². The molecule has 3 aromatic rings. The smallest absolute Gasteiger partial charge is 0.166 e. The van der Waals surface area contributed by atoms with Crippen molar-refractivity contribution < 1.29 is 0 Å². The second-order valence-electron chi connectivity index (χ2n) is 4.94. The van der Waals surface area contributed by atoms with Crippen LogP contribution in [-0.2, 0) is 0 Å². The van der Waals surface area contributed by atoms with Crippen LogP contribution in [0.15, 0.2) is 6.07 Å². The van der Waals surface area contributed by atoms with Gasteiger partial charge in [0.2, 0.25) is 0 Å². The highest BCUT2D eigenvalue weighted by Gasteiger charge is 2.15. The van der Waals surface area contributed by atoms with Crippen molar-refractivity contribution >= 4 is 37.6 Å². The number of aromatic nitrogens is 3. The summed E-state index contributed by atoms with van der Waals surface area (Å²) in [4.78, 5) is 5.70. The van der Waals surface area contributed by atoms with E-state index in [-0.39, 0.29) is 0 Å². The van der Waals surface area contributed by atoms with E-state index in [1.165, 1.54) is 15.6 Å². The number of hydrogen-bond donors (Lipinski definition) is 2. The van der Waals surface area contributed by atoms with Crippen LogP contribution in [0.3, 0.4) is 0 Å². The van der Waals surface area contributed by atoms with Crippen LogP contribution >= 0.6 is 11.3 Å². The minimum absolute atomic E-state index is 0.373. The van der Waals surface area contributed by atoms with Gasteiger partial charge in [-0.25, -0.2) is 4.98 Å². The van der Waals surface area contributed by atoms with Crippen LogP contribution in [0.25, 0.3) is 20.4 Å². The Bertz CT molecular complexity index is 724. The van der Waals surface area contributed by atoms with Gasteiger partial charge < -0.3 is 5.32 Å². The highest BCUT2D eigenvalue weighted by molar-refractivity contribution is 7.26. The standard InChI is InChI=1S/C13H16N4S.C2H6/c1-6(2)14-12-11-10(16-17-12)9-7(3)5-8(4)15-13(9)18-11;1-2/h5-6H,1-4H3,(H2,14,16,17);1-2H3. The predicted molar refractivity (Wildman–Crippen MR) is 88.9 cm³/mol. The summed E-state index contributed by atoms with van der Waals surface area (Å²) < 4.78 is 1.17. The molecule has 3 aromatic heterocycles. The molecule has 0 aliphatic carbocycles. The minimum atomic E-state index is 0.373. The first-order valence-corrected chi connectivity index (χ1v) is 7.89. The van der Waals surface area contributed by atoms with Crippen LogP contribution in [0.2, 0.25) is 0 Å². The highest BCUT2D eigenvalue weighted by Crippen LogP contribution is 2.37. The van der Waals surface area contributed by atoms with Crippen molar-refractivity contribution in [3.05, 3.63) is 17.3 Å². The largest absolute Gasteiger partial charge is 0.365 e. The summed E-state index contributed by atoms with van der Waals surface area (Å²) in [6.07, 6.45) is 0. The summed E-state index contributed by atoms with van der Waals surface area (Å²) in [7, 11) is 0. The van der Waals surface area contributed by atoms with Crippen molar-refractivity contribution in [3.63, 3.8) is 0 Å². The Hall–Kier alpha value is -1.62. The Morgan fingerprint density at radius 3 is 2.60 bits per heavy atom. The number of H-pyrrole nitrogens is 1. The van der Waals surface area contributed by atoms with Gasteiger partial charge in [-0.1, -0.05) is 13.8 Å². The molecular weight excluding hydrogens is 268 g/mol. The van der Waals surface area contributed by atoms with Crippen LogP contribution < -0.4 is 5.32 Å². The van der Waals surface area contributed by atoms with E-state index in [0.717, 1.165) is 21.9 Å². The zero-order chi connectivity index (χ0) is 14.9. The summed E-state index contributed by atoms with van der Waals surface area (Å²) >= 11 is 1.70. The molecule has 0 unspecified atom stereocenters. The maximum Gasteiger partial charge on any atom is 0.166 e. The SMILES string of the molecule is CC.Cc1cc(C)c2c(n1)sc1c(NC(C)C)n[nH]c12. The second kappa shape index (κ2) is 5.79. The van der Waals surface area contributed by atoms with Gasteiger partial charge in [-0.15, -0.1) is 11.3 Å². The molecule has 0 amide bonds. The van der Waals surface area contributed by atoms with Gasteiger partial charge in [0.15, 0.2) is 5.82 Å². The predicted octanol–water partition coefficient (Wildman–Crippen LogP) is 4.64. The number of aryl methyl sites for hydroxylation is 2. The van der Waals surface area contributed by atoms with Crippen molar-refractivity contribution in [2.75, 3.05) is 5.32 Å². The van der Waals surface area contributed by atoms with Gasteiger partial charge in [-0.05, 0) is 39.3 Å². The molecule has 20 heavy (non-hydrogen) atoms. The quantitative estimate of drug-likeness (QED) is 0.723. The molecule has 5 heteroatoms. The van der Waals surface area contributed by atoms with E-state index in [2.05, 4.69) is 47.3 Å². The lowest BCUT2D eigenvalue weighted by molar-refractivity contribution is 0.887. The third-order valence-corrected chi connectivity index (χ3v) is 4.00. The number of rotatable bonds is 2. The Kier molecular flexibility index (Phi) is 4.28. The molecular formula is C15H22N4S. The molecule has 0 spiro atoms. The van der Waals surface area contributed by atoms with E-state index in [1.54, 1.807) is 11.3 Å². The van der Waals surface area contributed by atoms with Crippen molar-refractivity contribution in [3.8, 4) is 0 Å². The number of hydrogen-bond acceptors (Lipinski definition) is 4. The highest BCUT2D eigenvalue weighted by atomic mass is 32.1. The fourth-order valence-electron chi connectivity index (χ4n) is 2.25. The van der Waals surface area contributed by atoms with Crippen LogP contribution in [-0.4, -0.2) is 21.2 Å². The lowest BCUT2D eigenvalue weighted by atomic mass is 10.1. The first-order valence-electron chi connectivity index (χ1n) is 7.07. The van der Waals surface area contributed by atoms with Gasteiger partial charge in [0.1, 0.15) is 4.83 Å². The van der Waals surface area contributed by atoms with Gasteiger partial charge in [-0.3, -0.25) is 5.10 Å². The van der Waals surface area contributed by atoms with Crippen LogP contribution in [0.4, 0.5) is 5.82 Å². The first kappa shape index (κ1) is 14.8. The van der Waals surface area contributed by atoms with E-state index < -0.39 is 0 Å². The van der Waals surface area contributed by atoms with Crippen molar-refractivity contribution in [2.24, 2.45) is 0 Å².